The predicted molar refractivity (Wildman–Crippen MR) is 123 cm³/mol. The van der Waals surface area contributed by atoms with E-state index >= 15 is 0 Å². The number of fused-ring (bicyclic) bond motifs is 1. The van der Waals surface area contributed by atoms with Crippen LogP contribution in [0.15, 0.2) is 30.3 Å². The molecule has 1 aromatic carbocycles. The Morgan fingerprint density at radius 1 is 1.10 bits per heavy atom. The van der Waals surface area contributed by atoms with Crippen molar-refractivity contribution in [3.05, 3.63) is 58.4 Å². The number of benzene rings is 1. The van der Waals surface area contributed by atoms with Crippen LogP contribution in [0.5, 0.6) is 0 Å². The Kier molecular flexibility index (Phi) is 6.30. The quantitative estimate of drug-likeness (QED) is 0.629. The molecule has 1 amide bonds. The van der Waals surface area contributed by atoms with Crippen molar-refractivity contribution in [2.45, 2.75) is 72.8 Å². The highest BCUT2D eigenvalue weighted by atomic mass is 16.1. The predicted octanol–water partition coefficient (Wildman–Crippen LogP) is 4.96. The van der Waals surface area contributed by atoms with Crippen molar-refractivity contribution in [3.63, 3.8) is 0 Å². The number of amides is 1. The van der Waals surface area contributed by atoms with Crippen LogP contribution in [-0.2, 0) is 16.8 Å². The summed E-state index contributed by atoms with van der Waals surface area (Å²) in [6.07, 6.45) is 1.15. The molecule has 1 N–H and O–H groups in total. The van der Waals surface area contributed by atoms with Crippen LogP contribution in [0.2, 0.25) is 0 Å². The maximum atomic E-state index is 12.5. The highest BCUT2D eigenvalue weighted by Gasteiger charge is 2.23. The van der Waals surface area contributed by atoms with Crippen LogP contribution in [0.4, 0.5) is 0 Å². The first-order valence-electron chi connectivity index (χ1n) is 10.8. The fourth-order valence-corrected chi connectivity index (χ4v) is 4.04. The van der Waals surface area contributed by atoms with E-state index in [4.69, 9.17) is 10.1 Å². The summed E-state index contributed by atoms with van der Waals surface area (Å²) in [7, 11) is 0. The lowest BCUT2D eigenvalue weighted by molar-refractivity contribution is -0.121. The largest absolute Gasteiger partial charge is 0.355 e. The van der Waals surface area contributed by atoms with Gasteiger partial charge in [-0.15, -0.1) is 0 Å². The van der Waals surface area contributed by atoms with E-state index in [1.54, 1.807) is 0 Å². The minimum absolute atomic E-state index is 0.0822. The van der Waals surface area contributed by atoms with Crippen LogP contribution >= 0.6 is 0 Å². The SMILES string of the molecule is Cc1nc2c(c(C)nn2C(C)(C)C)c(C)c1CCC(=O)NCC(C)c1ccccc1. The van der Waals surface area contributed by atoms with Crippen molar-refractivity contribution < 1.29 is 4.79 Å². The van der Waals surface area contributed by atoms with Crippen molar-refractivity contribution in [1.29, 1.82) is 0 Å². The molecule has 1 unspecified atom stereocenters. The molecular formula is C25H34N4O. The summed E-state index contributed by atoms with van der Waals surface area (Å²) < 4.78 is 2.01. The second-order valence-corrected chi connectivity index (χ2v) is 9.28. The zero-order chi connectivity index (χ0) is 22.1. The van der Waals surface area contributed by atoms with Gasteiger partial charge in [-0.05, 0) is 70.6 Å². The lowest BCUT2D eigenvalue weighted by Gasteiger charge is -2.20. The fourth-order valence-electron chi connectivity index (χ4n) is 4.04. The molecule has 1 atom stereocenters. The smallest absolute Gasteiger partial charge is 0.220 e. The van der Waals surface area contributed by atoms with Crippen LogP contribution in [-0.4, -0.2) is 27.2 Å². The zero-order valence-corrected chi connectivity index (χ0v) is 19.3. The first-order chi connectivity index (χ1) is 14.1. The van der Waals surface area contributed by atoms with Crippen molar-refractivity contribution in [1.82, 2.24) is 20.1 Å². The molecule has 0 saturated heterocycles. The second kappa shape index (κ2) is 8.58. The van der Waals surface area contributed by atoms with Crippen molar-refractivity contribution in [3.8, 4) is 0 Å². The zero-order valence-electron chi connectivity index (χ0n) is 19.3. The lowest BCUT2D eigenvalue weighted by Crippen LogP contribution is -2.27. The number of hydrogen-bond donors (Lipinski definition) is 1. The highest BCUT2D eigenvalue weighted by molar-refractivity contribution is 5.84. The molecule has 0 radical (unpaired) electrons. The molecule has 2 aromatic heterocycles. The van der Waals surface area contributed by atoms with Gasteiger partial charge in [0.2, 0.25) is 5.91 Å². The third kappa shape index (κ3) is 4.55. The van der Waals surface area contributed by atoms with Crippen LogP contribution in [0.1, 0.15) is 68.1 Å². The van der Waals surface area contributed by atoms with E-state index in [-0.39, 0.29) is 11.4 Å². The molecule has 160 valence electrons. The maximum absolute atomic E-state index is 12.5. The molecule has 0 bridgehead atoms. The molecule has 0 fully saturated rings. The average molecular weight is 407 g/mol. The van der Waals surface area contributed by atoms with Crippen LogP contribution in [0.25, 0.3) is 11.0 Å². The third-order valence-corrected chi connectivity index (χ3v) is 5.79. The Balaban J connectivity index is 1.72. The summed E-state index contributed by atoms with van der Waals surface area (Å²) in [6.45, 7) is 15.4. The van der Waals surface area contributed by atoms with E-state index in [0.717, 1.165) is 28.0 Å². The number of rotatable bonds is 6. The van der Waals surface area contributed by atoms with E-state index in [9.17, 15) is 4.79 Å². The molecule has 30 heavy (non-hydrogen) atoms. The van der Waals surface area contributed by atoms with Gasteiger partial charge in [0.1, 0.15) is 0 Å². The van der Waals surface area contributed by atoms with Gasteiger partial charge in [0.15, 0.2) is 5.65 Å². The number of aryl methyl sites for hydroxylation is 3. The summed E-state index contributed by atoms with van der Waals surface area (Å²) in [4.78, 5) is 17.4. The number of nitrogens with zero attached hydrogens (tertiary/aromatic N) is 3. The molecule has 0 aliphatic heterocycles. The van der Waals surface area contributed by atoms with Gasteiger partial charge in [-0.3, -0.25) is 4.79 Å². The Morgan fingerprint density at radius 2 is 1.77 bits per heavy atom. The molecule has 0 saturated carbocycles. The van der Waals surface area contributed by atoms with Gasteiger partial charge in [-0.25, -0.2) is 9.67 Å². The summed E-state index contributed by atoms with van der Waals surface area (Å²) in [5.74, 6) is 0.376. The third-order valence-electron chi connectivity index (χ3n) is 5.79. The van der Waals surface area contributed by atoms with Crippen molar-refractivity contribution >= 4 is 16.9 Å². The van der Waals surface area contributed by atoms with E-state index in [1.807, 2.05) is 36.7 Å². The van der Waals surface area contributed by atoms with Crippen molar-refractivity contribution in [2.75, 3.05) is 6.54 Å². The normalized spacial score (nSPS) is 12.9. The number of nitrogens with one attached hydrogen (secondary N) is 1. The monoisotopic (exact) mass is 406 g/mol. The summed E-state index contributed by atoms with van der Waals surface area (Å²) >= 11 is 0. The van der Waals surface area contributed by atoms with Gasteiger partial charge < -0.3 is 5.32 Å². The molecular weight excluding hydrogens is 372 g/mol. The van der Waals surface area contributed by atoms with Crippen LogP contribution in [0, 0.1) is 20.8 Å². The average Bonchev–Trinajstić information content (AvgIpc) is 3.03. The lowest BCUT2D eigenvalue weighted by atomic mass is 9.98. The molecule has 0 spiro atoms. The van der Waals surface area contributed by atoms with Gasteiger partial charge in [0.25, 0.3) is 0 Å². The number of pyridine rings is 1. The summed E-state index contributed by atoms with van der Waals surface area (Å²) in [5.41, 5.74) is 6.37. The Morgan fingerprint density at radius 3 is 2.40 bits per heavy atom. The van der Waals surface area contributed by atoms with Gasteiger partial charge in [-0.1, -0.05) is 37.3 Å². The second-order valence-electron chi connectivity index (χ2n) is 9.28. The topological polar surface area (TPSA) is 59.8 Å². The Labute approximate surface area is 179 Å². The van der Waals surface area contributed by atoms with Crippen LogP contribution in [0.3, 0.4) is 0 Å². The molecule has 5 heteroatoms. The fraction of sp³-hybridized carbons (Fsp3) is 0.480. The number of aromatic nitrogens is 3. The number of hydrogen-bond acceptors (Lipinski definition) is 3. The first kappa shape index (κ1) is 22.0. The highest BCUT2D eigenvalue weighted by Crippen LogP contribution is 2.29. The molecule has 0 aliphatic rings. The summed E-state index contributed by atoms with van der Waals surface area (Å²) in [6, 6.07) is 10.3. The number of carbonyl (C=O) groups excluding carboxylic acids is 1. The Hall–Kier alpha value is -2.69. The first-order valence-corrected chi connectivity index (χ1v) is 10.8. The van der Waals surface area contributed by atoms with Gasteiger partial charge in [0.05, 0.1) is 11.2 Å². The van der Waals surface area contributed by atoms with E-state index in [0.29, 0.717) is 25.3 Å². The molecule has 3 rings (SSSR count). The van der Waals surface area contributed by atoms with E-state index < -0.39 is 0 Å². The minimum atomic E-state index is -0.130. The van der Waals surface area contributed by atoms with Crippen LogP contribution < -0.4 is 5.32 Å². The molecule has 5 nitrogen and oxygen atoms in total. The van der Waals surface area contributed by atoms with Gasteiger partial charge >= 0.3 is 0 Å². The standard InChI is InChI=1S/C25H34N4O/c1-16(20-11-9-8-10-12-20)15-26-22(30)14-13-21-17(2)23-19(4)28-29(25(5,6)7)24(23)27-18(21)3/h8-12,16H,13-15H2,1-7H3,(H,26,30). The summed E-state index contributed by atoms with van der Waals surface area (Å²) in [5, 5.41) is 8.95. The Bertz CT molecular complexity index is 1040. The van der Waals surface area contributed by atoms with Crippen molar-refractivity contribution in [2.24, 2.45) is 0 Å². The maximum Gasteiger partial charge on any atom is 0.220 e. The number of carbonyl (C=O) groups is 1. The molecule has 0 aliphatic carbocycles. The van der Waals surface area contributed by atoms with Gasteiger partial charge in [0, 0.05) is 24.0 Å². The van der Waals surface area contributed by atoms with E-state index in [2.05, 4.69) is 52.1 Å². The molecule has 3 aromatic rings. The van der Waals surface area contributed by atoms with E-state index in [1.165, 1.54) is 11.1 Å². The molecule has 2 heterocycles. The van der Waals surface area contributed by atoms with Gasteiger partial charge in [-0.2, -0.15) is 5.10 Å². The minimum Gasteiger partial charge on any atom is -0.355 e.